The zero-order valence-electron chi connectivity index (χ0n) is 10.5. The second-order valence-electron chi connectivity index (χ2n) is 4.20. The highest BCUT2D eigenvalue weighted by Gasteiger charge is 2.33. The van der Waals surface area contributed by atoms with Gasteiger partial charge in [-0.3, -0.25) is 0 Å². The van der Waals surface area contributed by atoms with Gasteiger partial charge in [-0.25, -0.2) is 4.79 Å². The maximum atomic E-state index is 11.5. The van der Waals surface area contributed by atoms with Gasteiger partial charge in [0.15, 0.2) is 5.79 Å². The molecule has 1 rings (SSSR count). The first-order chi connectivity index (χ1) is 7.48. The molecule has 1 unspecified atom stereocenters. The molecule has 0 aromatic carbocycles. The van der Waals surface area contributed by atoms with Crippen LogP contribution in [-0.2, 0) is 14.2 Å². The van der Waals surface area contributed by atoms with E-state index in [1.807, 2.05) is 27.7 Å². The molecule has 5 nitrogen and oxygen atoms in total. The Kier molecular flexibility index (Phi) is 4.56. The first kappa shape index (κ1) is 13.3. The molecule has 0 aliphatic carbocycles. The molecule has 1 saturated heterocycles. The summed E-state index contributed by atoms with van der Waals surface area (Å²) >= 11 is 0. The van der Waals surface area contributed by atoms with E-state index in [9.17, 15) is 4.79 Å². The highest BCUT2D eigenvalue weighted by molar-refractivity contribution is 5.67. The maximum Gasteiger partial charge on any atom is 0.409 e. The minimum atomic E-state index is -0.563. The summed E-state index contributed by atoms with van der Waals surface area (Å²) < 4.78 is 16.0. The molecule has 0 N–H and O–H groups in total. The quantitative estimate of drug-likeness (QED) is 0.737. The molecule has 94 valence electrons. The van der Waals surface area contributed by atoms with Crippen molar-refractivity contribution in [2.75, 3.05) is 26.3 Å². The fourth-order valence-corrected chi connectivity index (χ4v) is 1.58. The minimum absolute atomic E-state index is 0.158. The number of hydrogen-bond donors (Lipinski definition) is 0. The highest BCUT2D eigenvalue weighted by Crippen LogP contribution is 2.22. The molecule has 1 aliphatic heterocycles. The summed E-state index contributed by atoms with van der Waals surface area (Å²) in [5.41, 5.74) is 0. The lowest BCUT2D eigenvalue weighted by atomic mass is 10.4. The van der Waals surface area contributed by atoms with E-state index in [2.05, 4.69) is 0 Å². The first-order valence-corrected chi connectivity index (χ1v) is 5.72. The monoisotopic (exact) mass is 231 g/mol. The van der Waals surface area contributed by atoms with Gasteiger partial charge in [-0.1, -0.05) is 0 Å². The Morgan fingerprint density at radius 2 is 2.06 bits per heavy atom. The first-order valence-electron chi connectivity index (χ1n) is 5.72. The topological polar surface area (TPSA) is 48.0 Å². The molecule has 1 aliphatic rings. The van der Waals surface area contributed by atoms with Gasteiger partial charge in [0.2, 0.25) is 0 Å². The second kappa shape index (κ2) is 5.50. The van der Waals surface area contributed by atoms with Crippen molar-refractivity contribution in [3.8, 4) is 0 Å². The average molecular weight is 231 g/mol. The van der Waals surface area contributed by atoms with Crippen LogP contribution in [0.15, 0.2) is 0 Å². The molecular formula is C11H21NO4. The van der Waals surface area contributed by atoms with E-state index in [0.717, 1.165) is 0 Å². The Morgan fingerprint density at radius 1 is 1.44 bits per heavy atom. The molecule has 1 amide bonds. The van der Waals surface area contributed by atoms with Crippen molar-refractivity contribution in [3.63, 3.8) is 0 Å². The summed E-state index contributed by atoms with van der Waals surface area (Å²) in [7, 11) is 0. The van der Waals surface area contributed by atoms with Gasteiger partial charge >= 0.3 is 6.09 Å². The zero-order valence-corrected chi connectivity index (χ0v) is 10.5. The normalized spacial score (nSPS) is 23.1. The largest absolute Gasteiger partial charge is 0.447 e. The van der Waals surface area contributed by atoms with Crippen LogP contribution >= 0.6 is 0 Å². The fourth-order valence-electron chi connectivity index (χ4n) is 1.58. The summed E-state index contributed by atoms with van der Waals surface area (Å²) in [4.78, 5) is 13.2. The molecule has 0 aromatic rings. The molecule has 1 atom stereocenters. The molecule has 1 heterocycles. The van der Waals surface area contributed by atoms with Crippen LogP contribution in [0.1, 0.15) is 27.7 Å². The van der Waals surface area contributed by atoms with Crippen molar-refractivity contribution in [1.29, 1.82) is 0 Å². The van der Waals surface area contributed by atoms with Crippen LogP contribution in [-0.4, -0.2) is 49.2 Å². The van der Waals surface area contributed by atoms with Gasteiger partial charge in [0, 0.05) is 13.1 Å². The zero-order chi connectivity index (χ0) is 12.2. The summed E-state index contributed by atoms with van der Waals surface area (Å²) in [5, 5.41) is 0. The van der Waals surface area contributed by atoms with Crippen LogP contribution in [0.25, 0.3) is 0 Å². The van der Waals surface area contributed by atoms with Crippen LogP contribution < -0.4 is 0 Å². The Bertz CT molecular complexity index is 238. The number of hydrogen-bond acceptors (Lipinski definition) is 4. The van der Waals surface area contributed by atoms with Crippen molar-refractivity contribution in [2.24, 2.45) is 0 Å². The number of ether oxygens (including phenoxy) is 3. The summed E-state index contributed by atoms with van der Waals surface area (Å²) in [6.07, 6.45) is -0.451. The lowest BCUT2D eigenvalue weighted by molar-refractivity contribution is -0.142. The van der Waals surface area contributed by atoms with Crippen LogP contribution in [0.3, 0.4) is 0 Å². The predicted molar refractivity (Wildman–Crippen MR) is 59.2 cm³/mol. The van der Waals surface area contributed by atoms with Crippen LogP contribution in [0.5, 0.6) is 0 Å². The Balaban J connectivity index is 2.27. The smallest absolute Gasteiger partial charge is 0.409 e. The Morgan fingerprint density at radius 3 is 2.50 bits per heavy atom. The standard InChI is InChI=1S/C11H21NO4/c1-5-12(6-2)10(13)14-7-9-8-15-11(3,4)16-9/h9H,5-8H2,1-4H3. The van der Waals surface area contributed by atoms with Gasteiger partial charge in [0.05, 0.1) is 6.61 Å². The number of carbonyl (C=O) groups excluding carboxylic acids is 1. The van der Waals surface area contributed by atoms with Gasteiger partial charge in [0.1, 0.15) is 12.7 Å². The van der Waals surface area contributed by atoms with E-state index < -0.39 is 5.79 Å². The van der Waals surface area contributed by atoms with E-state index in [1.165, 1.54) is 0 Å². The third-order valence-electron chi connectivity index (χ3n) is 2.48. The molecule has 1 fully saturated rings. The van der Waals surface area contributed by atoms with E-state index in [4.69, 9.17) is 14.2 Å². The SMILES string of the molecule is CCN(CC)C(=O)OCC1COC(C)(C)O1. The third-order valence-corrected chi connectivity index (χ3v) is 2.48. The molecular weight excluding hydrogens is 210 g/mol. The average Bonchev–Trinajstić information content (AvgIpc) is 2.57. The van der Waals surface area contributed by atoms with Crippen molar-refractivity contribution in [1.82, 2.24) is 4.90 Å². The molecule has 0 bridgehead atoms. The van der Waals surface area contributed by atoms with Crippen LogP contribution in [0.2, 0.25) is 0 Å². The van der Waals surface area contributed by atoms with Gasteiger partial charge in [-0.15, -0.1) is 0 Å². The Hall–Kier alpha value is -0.810. The molecule has 0 spiro atoms. The van der Waals surface area contributed by atoms with E-state index >= 15 is 0 Å². The van der Waals surface area contributed by atoms with E-state index in [-0.39, 0.29) is 18.8 Å². The van der Waals surface area contributed by atoms with E-state index in [0.29, 0.717) is 19.7 Å². The second-order valence-corrected chi connectivity index (χ2v) is 4.20. The van der Waals surface area contributed by atoms with Crippen molar-refractivity contribution in [3.05, 3.63) is 0 Å². The summed E-state index contributed by atoms with van der Waals surface area (Å²) in [6.45, 7) is 9.56. The summed E-state index contributed by atoms with van der Waals surface area (Å²) in [5.74, 6) is -0.563. The predicted octanol–water partition coefficient (Wildman–Crippen LogP) is 1.62. The lowest BCUT2D eigenvalue weighted by Gasteiger charge is -2.20. The molecule has 0 radical (unpaired) electrons. The van der Waals surface area contributed by atoms with E-state index in [1.54, 1.807) is 4.90 Å². The molecule has 16 heavy (non-hydrogen) atoms. The minimum Gasteiger partial charge on any atom is -0.447 e. The van der Waals surface area contributed by atoms with Crippen LogP contribution in [0, 0.1) is 0 Å². The van der Waals surface area contributed by atoms with Crippen LogP contribution in [0.4, 0.5) is 4.79 Å². The third kappa shape index (κ3) is 3.64. The van der Waals surface area contributed by atoms with Gasteiger partial charge in [-0.05, 0) is 27.7 Å². The van der Waals surface area contributed by atoms with Crippen molar-refractivity contribution in [2.45, 2.75) is 39.6 Å². The number of amides is 1. The lowest BCUT2D eigenvalue weighted by Crippen LogP contribution is -2.34. The number of rotatable bonds is 4. The molecule has 5 heteroatoms. The van der Waals surface area contributed by atoms with Crippen molar-refractivity contribution < 1.29 is 19.0 Å². The Labute approximate surface area is 96.6 Å². The van der Waals surface area contributed by atoms with Gasteiger partial charge in [-0.2, -0.15) is 0 Å². The van der Waals surface area contributed by atoms with Gasteiger partial charge in [0.25, 0.3) is 0 Å². The highest BCUT2D eigenvalue weighted by atomic mass is 16.7. The summed E-state index contributed by atoms with van der Waals surface area (Å²) in [6, 6.07) is 0. The number of nitrogens with zero attached hydrogens (tertiary/aromatic N) is 1. The molecule has 0 saturated carbocycles. The number of carbonyl (C=O) groups is 1. The van der Waals surface area contributed by atoms with Crippen molar-refractivity contribution >= 4 is 6.09 Å². The maximum absolute atomic E-state index is 11.5. The van der Waals surface area contributed by atoms with Gasteiger partial charge < -0.3 is 19.1 Å². The fraction of sp³-hybridized carbons (Fsp3) is 0.909. The molecule has 0 aromatic heterocycles.